The van der Waals surface area contributed by atoms with Crippen molar-refractivity contribution in [1.82, 2.24) is 14.5 Å². The van der Waals surface area contributed by atoms with E-state index in [1.165, 1.54) is 0 Å². The third kappa shape index (κ3) is 4.42. The maximum absolute atomic E-state index is 12.8. The van der Waals surface area contributed by atoms with Gasteiger partial charge in [0.05, 0.1) is 18.7 Å². The van der Waals surface area contributed by atoms with E-state index in [1.54, 1.807) is 23.8 Å². The predicted octanol–water partition coefficient (Wildman–Crippen LogP) is 3.48. The van der Waals surface area contributed by atoms with Gasteiger partial charge < -0.3 is 14.2 Å². The lowest BCUT2D eigenvalue weighted by atomic mass is 9.98. The van der Waals surface area contributed by atoms with Gasteiger partial charge in [0, 0.05) is 37.8 Å². The van der Waals surface area contributed by atoms with E-state index in [2.05, 4.69) is 16.0 Å². The van der Waals surface area contributed by atoms with E-state index < -0.39 is 11.9 Å². The van der Waals surface area contributed by atoms with Crippen LogP contribution in [0.1, 0.15) is 29.1 Å². The van der Waals surface area contributed by atoms with E-state index in [0.29, 0.717) is 36.6 Å². The van der Waals surface area contributed by atoms with Gasteiger partial charge in [0.15, 0.2) is 5.69 Å². The second-order valence-electron chi connectivity index (χ2n) is 6.93. The Morgan fingerprint density at radius 2 is 2.19 bits per heavy atom. The normalized spacial score (nSPS) is 16.9. The molecule has 0 N–H and O–H groups in total. The topological polar surface area (TPSA) is 54.1 Å². The molecule has 1 atom stereocenters. The highest BCUT2D eigenvalue weighted by atomic mass is 19.4. The molecule has 27 heavy (non-hydrogen) atoms. The monoisotopic (exact) mass is 378 g/mol. The van der Waals surface area contributed by atoms with Crippen LogP contribution in [-0.4, -0.2) is 35.2 Å². The van der Waals surface area contributed by atoms with Crippen LogP contribution in [0.25, 0.3) is 0 Å². The molecule has 1 unspecified atom stereocenters. The highest BCUT2D eigenvalue weighted by molar-refractivity contribution is 5.42. The molecule has 1 aromatic carbocycles. The molecule has 1 aromatic heterocycles. The zero-order valence-corrected chi connectivity index (χ0v) is 15.3. The lowest BCUT2D eigenvalue weighted by Crippen LogP contribution is -2.31. The molecule has 0 bridgehead atoms. The second kappa shape index (κ2) is 7.61. The molecule has 0 spiro atoms. The lowest BCUT2D eigenvalue weighted by Gasteiger charge is -2.28. The number of alkyl halides is 3. The number of hydrogen-bond donors (Lipinski definition) is 0. The van der Waals surface area contributed by atoms with Crippen molar-refractivity contribution in [2.24, 2.45) is 5.92 Å². The van der Waals surface area contributed by atoms with Crippen LogP contribution >= 0.6 is 0 Å². The SMILES string of the molecule is COc1cc(C#N)ccc1CN(C)CC1CCc2nc(C(F)(F)F)cn2C1. The Balaban J connectivity index is 1.63. The van der Waals surface area contributed by atoms with Gasteiger partial charge in [-0.15, -0.1) is 0 Å². The van der Waals surface area contributed by atoms with Crippen molar-refractivity contribution in [2.45, 2.75) is 32.1 Å². The van der Waals surface area contributed by atoms with Gasteiger partial charge in [0.2, 0.25) is 0 Å². The zero-order chi connectivity index (χ0) is 19.6. The number of nitriles is 1. The van der Waals surface area contributed by atoms with Crippen LogP contribution in [0.5, 0.6) is 5.75 Å². The first kappa shape index (κ1) is 19.2. The molecule has 3 rings (SSSR count). The van der Waals surface area contributed by atoms with Gasteiger partial charge in [-0.05, 0) is 31.5 Å². The Hall–Kier alpha value is -2.53. The summed E-state index contributed by atoms with van der Waals surface area (Å²) in [7, 11) is 3.54. The fourth-order valence-corrected chi connectivity index (χ4v) is 3.54. The number of aromatic nitrogens is 2. The van der Waals surface area contributed by atoms with E-state index in [9.17, 15) is 13.2 Å². The Bertz CT molecular complexity index is 854. The number of ether oxygens (including phenoxy) is 1. The van der Waals surface area contributed by atoms with Crippen LogP contribution in [0.15, 0.2) is 24.4 Å². The van der Waals surface area contributed by atoms with Gasteiger partial charge in [-0.1, -0.05) is 6.07 Å². The van der Waals surface area contributed by atoms with Crippen LogP contribution in [0.4, 0.5) is 13.2 Å². The molecule has 0 saturated carbocycles. The third-order valence-corrected chi connectivity index (χ3v) is 4.81. The van der Waals surface area contributed by atoms with Gasteiger partial charge in [0.1, 0.15) is 11.6 Å². The van der Waals surface area contributed by atoms with Gasteiger partial charge in [-0.2, -0.15) is 18.4 Å². The standard InChI is InChI=1S/C19H21F3N4O/c1-25(11-15-5-3-13(8-23)7-16(15)27-2)9-14-4-6-18-24-17(19(20,21)22)12-26(18)10-14/h3,5,7,12,14H,4,6,9-11H2,1-2H3. The average molecular weight is 378 g/mol. The van der Waals surface area contributed by atoms with Crippen molar-refractivity contribution in [3.05, 3.63) is 47.0 Å². The van der Waals surface area contributed by atoms with Crippen molar-refractivity contribution in [1.29, 1.82) is 5.26 Å². The van der Waals surface area contributed by atoms with Gasteiger partial charge >= 0.3 is 6.18 Å². The maximum atomic E-state index is 12.8. The van der Waals surface area contributed by atoms with Gasteiger partial charge in [-0.25, -0.2) is 4.98 Å². The zero-order valence-electron chi connectivity index (χ0n) is 15.3. The van der Waals surface area contributed by atoms with E-state index in [4.69, 9.17) is 10.00 Å². The summed E-state index contributed by atoms with van der Waals surface area (Å²) >= 11 is 0. The molecule has 8 heteroatoms. The van der Waals surface area contributed by atoms with E-state index in [-0.39, 0.29) is 5.92 Å². The minimum absolute atomic E-state index is 0.252. The lowest BCUT2D eigenvalue weighted by molar-refractivity contribution is -0.141. The number of imidazole rings is 1. The molecule has 0 aliphatic carbocycles. The molecule has 0 radical (unpaired) electrons. The van der Waals surface area contributed by atoms with Gasteiger partial charge in [-0.3, -0.25) is 0 Å². The fraction of sp³-hybridized carbons (Fsp3) is 0.474. The number of benzene rings is 1. The summed E-state index contributed by atoms with van der Waals surface area (Å²) in [5.74, 6) is 1.42. The van der Waals surface area contributed by atoms with Crippen LogP contribution in [0, 0.1) is 17.2 Å². The largest absolute Gasteiger partial charge is 0.496 e. The van der Waals surface area contributed by atoms with Crippen molar-refractivity contribution < 1.29 is 17.9 Å². The van der Waals surface area contributed by atoms with Gasteiger partial charge in [0.25, 0.3) is 0 Å². The molecular formula is C19H21F3N4O. The molecule has 5 nitrogen and oxygen atoms in total. The molecule has 144 valence electrons. The van der Waals surface area contributed by atoms with Crippen molar-refractivity contribution in [3.63, 3.8) is 0 Å². The number of halogens is 3. The molecule has 0 saturated heterocycles. The summed E-state index contributed by atoms with van der Waals surface area (Å²) in [5.41, 5.74) is 0.699. The Kier molecular flexibility index (Phi) is 5.42. The third-order valence-electron chi connectivity index (χ3n) is 4.81. The van der Waals surface area contributed by atoms with Crippen molar-refractivity contribution >= 4 is 0 Å². The molecule has 2 aromatic rings. The number of nitrogens with zero attached hydrogens (tertiary/aromatic N) is 4. The minimum atomic E-state index is -4.40. The van der Waals surface area contributed by atoms with Crippen molar-refractivity contribution in [2.75, 3.05) is 20.7 Å². The molecule has 1 aliphatic rings. The number of rotatable bonds is 5. The highest BCUT2D eigenvalue weighted by Crippen LogP contribution is 2.31. The highest BCUT2D eigenvalue weighted by Gasteiger charge is 2.35. The van der Waals surface area contributed by atoms with Crippen LogP contribution in [0.3, 0.4) is 0 Å². The summed E-state index contributed by atoms with van der Waals surface area (Å²) in [6.07, 6.45) is -1.92. The number of aryl methyl sites for hydroxylation is 1. The van der Waals surface area contributed by atoms with E-state index in [1.807, 2.05) is 13.1 Å². The Morgan fingerprint density at radius 1 is 1.41 bits per heavy atom. The quantitative estimate of drug-likeness (QED) is 0.799. The average Bonchev–Trinajstić information content (AvgIpc) is 3.05. The first-order valence-corrected chi connectivity index (χ1v) is 8.69. The fourth-order valence-electron chi connectivity index (χ4n) is 3.54. The number of fused-ring (bicyclic) bond motifs is 1. The number of hydrogen-bond acceptors (Lipinski definition) is 4. The molecule has 0 amide bonds. The summed E-state index contributed by atoms with van der Waals surface area (Å²) in [5, 5.41) is 8.99. The maximum Gasteiger partial charge on any atom is 0.434 e. The number of methoxy groups -OCH3 is 1. The summed E-state index contributed by atoms with van der Waals surface area (Å²) in [6, 6.07) is 7.42. The van der Waals surface area contributed by atoms with Crippen molar-refractivity contribution in [3.8, 4) is 11.8 Å². The first-order valence-electron chi connectivity index (χ1n) is 8.69. The predicted molar refractivity (Wildman–Crippen MR) is 93.1 cm³/mol. The molecule has 0 fully saturated rings. The van der Waals surface area contributed by atoms with Crippen LogP contribution in [0.2, 0.25) is 0 Å². The molecular weight excluding hydrogens is 357 g/mol. The molecule has 2 heterocycles. The second-order valence-corrected chi connectivity index (χ2v) is 6.93. The van der Waals surface area contributed by atoms with E-state index >= 15 is 0 Å². The van der Waals surface area contributed by atoms with Crippen LogP contribution in [-0.2, 0) is 25.7 Å². The minimum Gasteiger partial charge on any atom is -0.496 e. The Morgan fingerprint density at radius 3 is 2.85 bits per heavy atom. The summed E-state index contributed by atoms with van der Waals surface area (Å²) in [4.78, 5) is 5.85. The molecule has 1 aliphatic heterocycles. The summed E-state index contributed by atoms with van der Waals surface area (Å²) in [6.45, 7) is 1.92. The Labute approximate surface area is 156 Å². The first-order chi connectivity index (χ1) is 12.8. The van der Waals surface area contributed by atoms with E-state index in [0.717, 1.165) is 24.7 Å². The van der Waals surface area contributed by atoms with Crippen LogP contribution < -0.4 is 4.74 Å². The summed E-state index contributed by atoms with van der Waals surface area (Å²) < 4.78 is 45.5. The smallest absolute Gasteiger partial charge is 0.434 e.